The molecule has 0 saturated carbocycles. The van der Waals surface area contributed by atoms with Crippen LogP contribution in [0, 0.1) is 5.92 Å². The maximum absolute atomic E-state index is 12.5. The van der Waals surface area contributed by atoms with Crippen molar-refractivity contribution in [2.75, 3.05) is 39.3 Å². The molecule has 2 aromatic carbocycles. The van der Waals surface area contributed by atoms with Gasteiger partial charge in [0.15, 0.2) is 0 Å². The quantitative estimate of drug-likeness (QED) is 0.505. The average molecular weight is 453 g/mol. The first-order valence-corrected chi connectivity index (χ1v) is 12.0. The molecular formula is C28H40N2O3. The Bertz CT molecular complexity index is 890. The first kappa shape index (κ1) is 25.1. The van der Waals surface area contributed by atoms with E-state index in [-0.39, 0.29) is 11.5 Å². The van der Waals surface area contributed by atoms with Gasteiger partial charge in [0.2, 0.25) is 5.91 Å². The van der Waals surface area contributed by atoms with E-state index in [0.717, 1.165) is 49.4 Å². The van der Waals surface area contributed by atoms with Crippen molar-refractivity contribution >= 4 is 11.6 Å². The summed E-state index contributed by atoms with van der Waals surface area (Å²) in [5.41, 5.74) is 3.53. The van der Waals surface area contributed by atoms with Crippen molar-refractivity contribution in [1.29, 1.82) is 0 Å². The van der Waals surface area contributed by atoms with E-state index in [1.54, 1.807) is 14.0 Å². The predicted molar refractivity (Wildman–Crippen MR) is 135 cm³/mol. The standard InChI is InChI=1S/C28H40N2O3/c1-21(31)30(20-22-7-11-25(12-8-22)29(4)5)17-15-27(23-9-13-26(32-6)14-10-23)24-16-18-33-28(2,3)19-24/h7-14,24,27H,15-20H2,1-6H3/t24-,27+/m1/s1. The summed E-state index contributed by atoms with van der Waals surface area (Å²) >= 11 is 0. The third-order valence-electron chi connectivity index (χ3n) is 6.83. The fourth-order valence-electron chi connectivity index (χ4n) is 4.91. The Morgan fingerprint density at radius 2 is 1.79 bits per heavy atom. The lowest BCUT2D eigenvalue weighted by Gasteiger charge is -2.40. The van der Waals surface area contributed by atoms with Crippen molar-refractivity contribution in [3.8, 4) is 5.75 Å². The van der Waals surface area contributed by atoms with Gasteiger partial charge in [0, 0.05) is 46.4 Å². The molecule has 1 fully saturated rings. The molecule has 0 aromatic heterocycles. The zero-order valence-electron chi connectivity index (χ0n) is 21.1. The summed E-state index contributed by atoms with van der Waals surface area (Å²) in [6.45, 7) is 8.21. The van der Waals surface area contributed by atoms with Crippen molar-refractivity contribution in [2.45, 2.75) is 58.1 Å². The number of carbonyl (C=O) groups is 1. The molecule has 0 unspecified atom stereocenters. The second-order valence-electron chi connectivity index (χ2n) is 10.0. The number of nitrogens with zero attached hydrogens (tertiary/aromatic N) is 2. The Kier molecular flexibility index (Phi) is 8.41. The van der Waals surface area contributed by atoms with Gasteiger partial charge in [-0.05, 0) is 80.3 Å². The molecule has 1 amide bonds. The lowest BCUT2D eigenvalue weighted by atomic mass is 9.75. The first-order chi connectivity index (χ1) is 15.7. The van der Waals surface area contributed by atoms with Crippen LogP contribution < -0.4 is 9.64 Å². The average Bonchev–Trinajstić information content (AvgIpc) is 2.78. The molecule has 1 aliphatic rings. The summed E-state index contributed by atoms with van der Waals surface area (Å²) in [5, 5.41) is 0. The number of carbonyl (C=O) groups excluding carboxylic acids is 1. The van der Waals surface area contributed by atoms with Crippen LogP contribution in [0.4, 0.5) is 5.69 Å². The molecule has 0 N–H and O–H groups in total. The monoisotopic (exact) mass is 452 g/mol. The number of anilines is 1. The Hall–Kier alpha value is -2.53. The molecule has 5 nitrogen and oxygen atoms in total. The Morgan fingerprint density at radius 1 is 1.12 bits per heavy atom. The highest BCUT2D eigenvalue weighted by atomic mass is 16.5. The maximum Gasteiger partial charge on any atom is 0.219 e. The fraction of sp³-hybridized carbons (Fsp3) is 0.536. The minimum Gasteiger partial charge on any atom is -0.497 e. The van der Waals surface area contributed by atoms with Crippen LogP contribution in [0.5, 0.6) is 5.75 Å². The number of hydrogen-bond acceptors (Lipinski definition) is 4. The molecule has 1 aliphatic heterocycles. The Morgan fingerprint density at radius 3 is 2.33 bits per heavy atom. The number of ether oxygens (including phenoxy) is 2. The van der Waals surface area contributed by atoms with Crippen LogP contribution in [0.1, 0.15) is 57.1 Å². The van der Waals surface area contributed by atoms with Crippen LogP contribution in [-0.4, -0.2) is 50.8 Å². The second kappa shape index (κ2) is 11.1. The van der Waals surface area contributed by atoms with Crippen LogP contribution in [0.3, 0.4) is 0 Å². The van der Waals surface area contributed by atoms with Crippen molar-refractivity contribution in [3.05, 3.63) is 59.7 Å². The Labute approximate surface area is 199 Å². The van der Waals surface area contributed by atoms with E-state index < -0.39 is 0 Å². The number of benzene rings is 2. The van der Waals surface area contributed by atoms with E-state index in [9.17, 15) is 4.79 Å². The van der Waals surface area contributed by atoms with E-state index in [2.05, 4.69) is 55.1 Å². The summed E-state index contributed by atoms with van der Waals surface area (Å²) in [6, 6.07) is 16.9. The van der Waals surface area contributed by atoms with Crippen molar-refractivity contribution < 1.29 is 14.3 Å². The zero-order chi connectivity index (χ0) is 24.0. The molecule has 1 heterocycles. The highest BCUT2D eigenvalue weighted by Crippen LogP contribution is 2.40. The van der Waals surface area contributed by atoms with Gasteiger partial charge >= 0.3 is 0 Å². The molecule has 1 saturated heterocycles. The molecule has 0 bridgehead atoms. The first-order valence-electron chi connectivity index (χ1n) is 12.0. The number of rotatable bonds is 9. The smallest absolute Gasteiger partial charge is 0.219 e. The summed E-state index contributed by atoms with van der Waals surface area (Å²) in [5.74, 6) is 1.89. The number of methoxy groups -OCH3 is 1. The van der Waals surface area contributed by atoms with E-state index in [0.29, 0.717) is 18.4 Å². The number of hydrogen-bond donors (Lipinski definition) is 0. The van der Waals surface area contributed by atoms with Gasteiger partial charge in [-0.15, -0.1) is 0 Å². The summed E-state index contributed by atoms with van der Waals surface area (Å²) in [4.78, 5) is 16.6. The van der Waals surface area contributed by atoms with Crippen LogP contribution in [0.25, 0.3) is 0 Å². The van der Waals surface area contributed by atoms with Crippen molar-refractivity contribution in [3.63, 3.8) is 0 Å². The normalized spacial score (nSPS) is 18.4. The molecular weight excluding hydrogens is 412 g/mol. The van der Waals surface area contributed by atoms with Gasteiger partial charge in [-0.2, -0.15) is 0 Å². The van der Waals surface area contributed by atoms with Gasteiger partial charge in [-0.3, -0.25) is 4.79 Å². The molecule has 5 heteroatoms. The van der Waals surface area contributed by atoms with Crippen LogP contribution in [0.2, 0.25) is 0 Å². The molecule has 180 valence electrons. The third-order valence-corrected chi connectivity index (χ3v) is 6.83. The highest BCUT2D eigenvalue weighted by molar-refractivity contribution is 5.73. The summed E-state index contributed by atoms with van der Waals surface area (Å²) in [7, 11) is 5.77. The molecule has 0 aliphatic carbocycles. The molecule has 33 heavy (non-hydrogen) atoms. The number of amides is 1. The summed E-state index contributed by atoms with van der Waals surface area (Å²) < 4.78 is 11.4. The topological polar surface area (TPSA) is 42.0 Å². The fourth-order valence-corrected chi connectivity index (χ4v) is 4.91. The zero-order valence-corrected chi connectivity index (χ0v) is 21.1. The molecule has 3 rings (SSSR count). The largest absolute Gasteiger partial charge is 0.497 e. The van der Waals surface area contributed by atoms with Gasteiger partial charge in [-0.25, -0.2) is 0 Å². The van der Waals surface area contributed by atoms with E-state index in [1.165, 1.54) is 5.56 Å². The molecule has 0 radical (unpaired) electrons. The predicted octanol–water partition coefficient (Wildman–Crippen LogP) is 5.49. The van der Waals surface area contributed by atoms with Crippen LogP contribution >= 0.6 is 0 Å². The van der Waals surface area contributed by atoms with E-state index in [1.807, 2.05) is 31.1 Å². The van der Waals surface area contributed by atoms with Gasteiger partial charge in [0.25, 0.3) is 0 Å². The van der Waals surface area contributed by atoms with Crippen LogP contribution in [-0.2, 0) is 16.1 Å². The van der Waals surface area contributed by atoms with Crippen molar-refractivity contribution in [2.24, 2.45) is 5.92 Å². The van der Waals surface area contributed by atoms with Gasteiger partial charge in [-0.1, -0.05) is 24.3 Å². The second-order valence-corrected chi connectivity index (χ2v) is 10.0. The third kappa shape index (κ3) is 6.97. The van der Waals surface area contributed by atoms with Crippen LogP contribution in [0.15, 0.2) is 48.5 Å². The molecule has 2 aromatic rings. The van der Waals surface area contributed by atoms with Crippen molar-refractivity contribution in [1.82, 2.24) is 4.90 Å². The SMILES string of the molecule is COc1ccc([C@H](CCN(Cc2ccc(N(C)C)cc2)C(C)=O)[C@@H]2CCOC(C)(C)C2)cc1. The lowest BCUT2D eigenvalue weighted by molar-refractivity contribution is -0.129. The van der Waals surface area contributed by atoms with E-state index in [4.69, 9.17) is 9.47 Å². The Balaban J connectivity index is 1.75. The van der Waals surface area contributed by atoms with E-state index >= 15 is 0 Å². The van der Waals surface area contributed by atoms with Gasteiger partial charge in [0.05, 0.1) is 12.7 Å². The maximum atomic E-state index is 12.5. The molecule has 0 spiro atoms. The highest BCUT2D eigenvalue weighted by Gasteiger charge is 2.34. The van der Waals surface area contributed by atoms with Gasteiger partial charge in [0.1, 0.15) is 5.75 Å². The lowest BCUT2D eigenvalue weighted by Crippen LogP contribution is -2.37. The molecule has 2 atom stereocenters. The van der Waals surface area contributed by atoms with Gasteiger partial charge < -0.3 is 19.3 Å². The minimum atomic E-state index is -0.109. The summed E-state index contributed by atoms with van der Waals surface area (Å²) in [6.07, 6.45) is 3.00. The minimum absolute atomic E-state index is 0.109.